The van der Waals surface area contributed by atoms with Crippen LogP contribution in [0.5, 0.6) is 0 Å². The fraction of sp³-hybridized carbons (Fsp3) is 0.643. The normalized spacial score (nSPS) is 24.0. The van der Waals surface area contributed by atoms with Gasteiger partial charge in [0.15, 0.2) is 9.84 Å². The Kier molecular flexibility index (Phi) is 4.58. The number of hydrogen-bond donors (Lipinski definition) is 1. The molecule has 106 valence electrons. The van der Waals surface area contributed by atoms with Gasteiger partial charge in [-0.2, -0.15) is 0 Å². The first-order valence-electron chi connectivity index (χ1n) is 6.91. The van der Waals surface area contributed by atoms with Crippen molar-refractivity contribution in [2.75, 3.05) is 12.3 Å². The maximum absolute atomic E-state index is 12.3. The minimum Gasteiger partial charge on any atom is -0.309 e. The van der Waals surface area contributed by atoms with Crippen molar-refractivity contribution in [3.05, 3.63) is 29.6 Å². The highest BCUT2D eigenvalue weighted by molar-refractivity contribution is 7.92. The van der Waals surface area contributed by atoms with Gasteiger partial charge in [-0.15, -0.1) is 0 Å². The van der Waals surface area contributed by atoms with Crippen LogP contribution in [0.2, 0.25) is 0 Å². The molecule has 19 heavy (non-hydrogen) atoms. The van der Waals surface area contributed by atoms with Gasteiger partial charge >= 0.3 is 0 Å². The third-order valence-electron chi connectivity index (χ3n) is 3.68. The highest BCUT2D eigenvalue weighted by Gasteiger charge is 2.36. The van der Waals surface area contributed by atoms with Gasteiger partial charge in [-0.05, 0) is 37.4 Å². The summed E-state index contributed by atoms with van der Waals surface area (Å²) in [5.74, 6) is 0.318. The van der Waals surface area contributed by atoms with E-state index < -0.39 is 9.84 Å². The van der Waals surface area contributed by atoms with E-state index in [4.69, 9.17) is 0 Å². The molecule has 1 fully saturated rings. The van der Waals surface area contributed by atoms with Crippen LogP contribution in [0.4, 0.5) is 0 Å². The highest BCUT2D eigenvalue weighted by Crippen LogP contribution is 2.30. The van der Waals surface area contributed by atoms with Crippen molar-refractivity contribution in [2.45, 2.75) is 44.4 Å². The smallest absolute Gasteiger partial charge is 0.155 e. The maximum atomic E-state index is 12.3. The van der Waals surface area contributed by atoms with E-state index in [0.29, 0.717) is 5.75 Å². The van der Waals surface area contributed by atoms with Crippen LogP contribution in [-0.4, -0.2) is 30.9 Å². The first-order chi connectivity index (χ1) is 9.04. The summed E-state index contributed by atoms with van der Waals surface area (Å²) in [5.41, 5.74) is 2.05. The van der Waals surface area contributed by atoms with E-state index in [9.17, 15) is 8.42 Å². The van der Waals surface area contributed by atoms with Gasteiger partial charge in [0.05, 0.1) is 17.0 Å². The van der Waals surface area contributed by atoms with E-state index in [1.807, 2.05) is 19.9 Å². The molecular formula is C14H22N2O2S. The molecule has 2 rings (SSSR count). The lowest BCUT2D eigenvalue weighted by Gasteiger charge is -2.31. The summed E-state index contributed by atoms with van der Waals surface area (Å²) in [7, 11) is -3.00. The molecule has 4 nitrogen and oxygen atoms in total. The molecule has 1 aliphatic heterocycles. The number of nitrogens with one attached hydrogen (secondary N) is 1. The Balaban J connectivity index is 2.34. The number of hydrogen-bond acceptors (Lipinski definition) is 4. The molecule has 0 aliphatic carbocycles. The summed E-state index contributed by atoms with van der Waals surface area (Å²) in [6, 6.07) is 1.90. The number of nitrogens with zero attached hydrogens (tertiary/aromatic N) is 1. The van der Waals surface area contributed by atoms with Crippen LogP contribution in [0.1, 0.15) is 43.4 Å². The monoisotopic (exact) mass is 282 g/mol. The molecule has 1 saturated heterocycles. The second-order valence-electron chi connectivity index (χ2n) is 5.23. The van der Waals surface area contributed by atoms with Crippen LogP contribution in [-0.2, 0) is 9.84 Å². The summed E-state index contributed by atoms with van der Waals surface area (Å²) in [6.07, 6.45) is 6.11. The molecule has 0 spiro atoms. The molecule has 1 aromatic heterocycles. The number of pyridine rings is 1. The average Bonchev–Trinajstić information content (AvgIpc) is 2.36. The zero-order valence-corrected chi connectivity index (χ0v) is 12.4. The van der Waals surface area contributed by atoms with Crippen molar-refractivity contribution < 1.29 is 8.42 Å². The Hall–Kier alpha value is -0.940. The van der Waals surface area contributed by atoms with Gasteiger partial charge < -0.3 is 5.32 Å². The van der Waals surface area contributed by atoms with E-state index in [0.717, 1.165) is 36.9 Å². The molecule has 0 bridgehead atoms. The van der Waals surface area contributed by atoms with Crippen molar-refractivity contribution in [3.63, 3.8) is 0 Å². The minimum absolute atomic E-state index is 0.136. The SMILES string of the molecule is CCNC(c1cncc(C)c1)C1CCCCS1(=O)=O. The van der Waals surface area contributed by atoms with Gasteiger partial charge in [0.2, 0.25) is 0 Å². The predicted molar refractivity (Wildman–Crippen MR) is 76.8 cm³/mol. The van der Waals surface area contributed by atoms with Crippen LogP contribution in [0, 0.1) is 6.92 Å². The molecule has 2 heterocycles. The van der Waals surface area contributed by atoms with Gasteiger partial charge in [0.25, 0.3) is 0 Å². The third kappa shape index (κ3) is 3.34. The predicted octanol–water partition coefficient (Wildman–Crippen LogP) is 2.01. The summed E-state index contributed by atoms with van der Waals surface area (Å²) in [5, 5.41) is 3.02. The van der Waals surface area contributed by atoms with Crippen LogP contribution >= 0.6 is 0 Å². The van der Waals surface area contributed by atoms with Crippen molar-refractivity contribution >= 4 is 9.84 Å². The van der Waals surface area contributed by atoms with Crippen LogP contribution in [0.3, 0.4) is 0 Å². The molecule has 0 radical (unpaired) electrons. The summed E-state index contributed by atoms with van der Waals surface area (Å²) >= 11 is 0. The van der Waals surface area contributed by atoms with E-state index in [1.54, 1.807) is 12.4 Å². The Morgan fingerprint density at radius 2 is 2.21 bits per heavy atom. The van der Waals surface area contributed by atoms with Crippen molar-refractivity contribution in [2.24, 2.45) is 0 Å². The molecule has 1 N–H and O–H groups in total. The molecular weight excluding hydrogens is 260 g/mol. The maximum Gasteiger partial charge on any atom is 0.155 e. The Morgan fingerprint density at radius 3 is 2.84 bits per heavy atom. The van der Waals surface area contributed by atoms with E-state index in [1.165, 1.54) is 0 Å². The van der Waals surface area contributed by atoms with E-state index in [-0.39, 0.29) is 11.3 Å². The quantitative estimate of drug-likeness (QED) is 0.917. The van der Waals surface area contributed by atoms with Gasteiger partial charge in [-0.3, -0.25) is 4.98 Å². The first kappa shape index (κ1) is 14.5. The topological polar surface area (TPSA) is 59.1 Å². The average molecular weight is 282 g/mol. The highest BCUT2D eigenvalue weighted by atomic mass is 32.2. The van der Waals surface area contributed by atoms with E-state index in [2.05, 4.69) is 10.3 Å². The lowest BCUT2D eigenvalue weighted by atomic mass is 10.00. The summed E-state index contributed by atoms with van der Waals surface area (Å²) in [6.45, 7) is 4.74. The summed E-state index contributed by atoms with van der Waals surface area (Å²) < 4.78 is 24.6. The zero-order chi connectivity index (χ0) is 13.9. The Bertz CT molecular complexity index is 528. The minimum atomic E-state index is -3.00. The molecule has 0 saturated carbocycles. The molecule has 1 aromatic rings. The summed E-state index contributed by atoms with van der Waals surface area (Å²) in [4.78, 5) is 4.20. The molecule has 0 amide bonds. The Morgan fingerprint density at radius 1 is 1.42 bits per heavy atom. The van der Waals surface area contributed by atoms with Gasteiger partial charge in [-0.1, -0.05) is 19.4 Å². The fourth-order valence-electron chi connectivity index (χ4n) is 2.79. The molecule has 0 aromatic carbocycles. The largest absolute Gasteiger partial charge is 0.309 e. The second-order valence-corrected chi connectivity index (χ2v) is 7.57. The van der Waals surface area contributed by atoms with Crippen LogP contribution in [0.25, 0.3) is 0 Å². The van der Waals surface area contributed by atoms with Gasteiger partial charge in [0, 0.05) is 12.4 Å². The van der Waals surface area contributed by atoms with Crippen LogP contribution in [0.15, 0.2) is 18.5 Å². The number of aromatic nitrogens is 1. The lowest BCUT2D eigenvalue weighted by Crippen LogP contribution is -2.40. The van der Waals surface area contributed by atoms with Crippen molar-refractivity contribution in [1.29, 1.82) is 0 Å². The number of sulfone groups is 1. The van der Waals surface area contributed by atoms with Gasteiger partial charge in [-0.25, -0.2) is 8.42 Å². The number of aryl methyl sites for hydroxylation is 1. The Labute approximate surface area is 115 Å². The zero-order valence-electron chi connectivity index (χ0n) is 11.6. The first-order valence-corrected chi connectivity index (χ1v) is 8.62. The lowest BCUT2D eigenvalue weighted by molar-refractivity contribution is 0.453. The molecule has 2 atom stereocenters. The fourth-order valence-corrected chi connectivity index (χ4v) is 4.89. The molecule has 5 heteroatoms. The van der Waals surface area contributed by atoms with Crippen molar-refractivity contribution in [1.82, 2.24) is 10.3 Å². The van der Waals surface area contributed by atoms with Crippen molar-refractivity contribution in [3.8, 4) is 0 Å². The van der Waals surface area contributed by atoms with E-state index >= 15 is 0 Å². The number of rotatable bonds is 4. The molecule has 2 unspecified atom stereocenters. The third-order valence-corrected chi connectivity index (χ3v) is 5.97. The standard InChI is InChI=1S/C14H22N2O2S/c1-3-16-14(12-8-11(2)9-15-10-12)13-6-4-5-7-19(13,17)18/h8-10,13-14,16H,3-7H2,1-2H3. The second kappa shape index (κ2) is 6.01. The molecule has 1 aliphatic rings. The van der Waals surface area contributed by atoms with Crippen LogP contribution < -0.4 is 5.32 Å². The van der Waals surface area contributed by atoms with Gasteiger partial charge in [0.1, 0.15) is 0 Å².